The number of methoxy groups -OCH3 is 1. The van der Waals surface area contributed by atoms with Crippen LogP contribution >= 0.6 is 0 Å². The van der Waals surface area contributed by atoms with Crippen molar-refractivity contribution in [2.24, 2.45) is 0 Å². The third-order valence-corrected chi connectivity index (χ3v) is 5.87. The van der Waals surface area contributed by atoms with Crippen molar-refractivity contribution in [1.29, 1.82) is 0 Å². The molecule has 0 aliphatic carbocycles. The fourth-order valence-electron chi connectivity index (χ4n) is 4.10. The summed E-state index contributed by atoms with van der Waals surface area (Å²) in [5.74, 6) is 0.487. The number of fused-ring (bicyclic) bond motifs is 1. The first-order valence-electron chi connectivity index (χ1n) is 11.3. The highest BCUT2D eigenvalue weighted by atomic mass is 16.5. The summed E-state index contributed by atoms with van der Waals surface area (Å²) in [5.41, 5.74) is 4.97. The third-order valence-electron chi connectivity index (χ3n) is 5.87. The Balaban J connectivity index is 1.54. The van der Waals surface area contributed by atoms with E-state index in [-0.39, 0.29) is 12.0 Å². The van der Waals surface area contributed by atoms with Crippen LogP contribution in [0.25, 0.3) is 21.9 Å². The smallest absolute Gasteiger partial charge is 0.338 e. The lowest BCUT2D eigenvalue weighted by molar-refractivity contribution is 0.0526. The Hall–Kier alpha value is -3.63. The number of benzene rings is 4. The zero-order chi connectivity index (χ0) is 23.2. The number of hydrogen-bond acceptors (Lipinski definition) is 4. The number of carbonyl (C=O) groups excluding carboxylic acids is 1. The Morgan fingerprint density at radius 2 is 1.70 bits per heavy atom. The highest BCUT2D eigenvalue weighted by Crippen LogP contribution is 2.32. The van der Waals surface area contributed by atoms with Crippen LogP contribution in [0, 0.1) is 0 Å². The second kappa shape index (κ2) is 10.3. The number of ether oxygens (including phenoxy) is 2. The first-order chi connectivity index (χ1) is 16.1. The van der Waals surface area contributed by atoms with Crippen molar-refractivity contribution in [2.45, 2.75) is 26.4 Å². The first-order valence-corrected chi connectivity index (χ1v) is 11.3. The van der Waals surface area contributed by atoms with Crippen LogP contribution < -0.4 is 10.1 Å². The van der Waals surface area contributed by atoms with Gasteiger partial charge in [0.05, 0.1) is 19.3 Å². The molecule has 0 aromatic heterocycles. The van der Waals surface area contributed by atoms with E-state index < -0.39 is 0 Å². The maximum Gasteiger partial charge on any atom is 0.338 e. The summed E-state index contributed by atoms with van der Waals surface area (Å²) >= 11 is 0. The van der Waals surface area contributed by atoms with Crippen LogP contribution in [0.5, 0.6) is 5.75 Å². The van der Waals surface area contributed by atoms with Crippen molar-refractivity contribution >= 4 is 16.7 Å². The number of rotatable bonds is 8. The molecule has 1 unspecified atom stereocenters. The van der Waals surface area contributed by atoms with Crippen molar-refractivity contribution < 1.29 is 14.3 Å². The molecule has 33 heavy (non-hydrogen) atoms. The number of hydrogen-bond donors (Lipinski definition) is 1. The Labute approximate surface area is 195 Å². The predicted molar refractivity (Wildman–Crippen MR) is 134 cm³/mol. The monoisotopic (exact) mass is 439 g/mol. The summed E-state index contributed by atoms with van der Waals surface area (Å²) in [6, 6.07) is 28.8. The van der Waals surface area contributed by atoms with Crippen LogP contribution in [0.2, 0.25) is 0 Å². The molecule has 0 spiro atoms. The average molecular weight is 440 g/mol. The summed E-state index contributed by atoms with van der Waals surface area (Å²) in [5, 5.41) is 6.19. The van der Waals surface area contributed by atoms with E-state index in [1.807, 2.05) is 18.2 Å². The summed E-state index contributed by atoms with van der Waals surface area (Å²) < 4.78 is 10.7. The summed E-state index contributed by atoms with van der Waals surface area (Å²) in [4.78, 5) is 12.0. The molecular weight excluding hydrogens is 410 g/mol. The molecule has 4 heteroatoms. The Morgan fingerprint density at radius 1 is 0.939 bits per heavy atom. The van der Waals surface area contributed by atoms with Gasteiger partial charge in [-0.25, -0.2) is 4.79 Å². The van der Waals surface area contributed by atoms with Gasteiger partial charge in [-0.15, -0.1) is 0 Å². The fraction of sp³-hybridized carbons (Fsp3) is 0.207. The zero-order valence-corrected chi connectivity index (χ0v) is 19.3. The van der Waals surface area contributed by atoms with Gasteiger partial charge in [-0.1, -0.05) is 60.7 Å². The molecule has 0 radical (unpaired) electrons. The molecule has 4 nitrogen and oxygen atoms in total. The van der Waals surface area contributed by atoms with Crippen molar-refractivity contribution in [2.75, 3.05) is 13.7 Å². The number of carbonyl (C=O) groups is 1. The van der Waals surface area contributed by atoms with Crippen molar-refractivity contribution in [3.63, 3.8) is 0 Å². The Bertz CT molecular complexity index is 1240. The molecule has 168 valence electrons. The second-order valence-electron chi connectivity index (χ2n) is 8.00. The van der Waals surface area contributed by atoms with E-state index in [9.17, 15) is 4.79 Å². The minimum absolute atomic E-state index is 0.200. The largest absolute Gasteiger partial charge is 0.496 e. The molecule has 4 rings (SSSR count). The van der Waals surface area contributed by atoms with Crippen LogP contribution in [0.4, 0.5) is 0 Å². The van der Waals surface area contributed by atoms with Crippen molar-refractivity contribution in [1.82, 2.24) is 5.32 Å². The van der Waals surface area contributed by atoms with E-state index in [1.54, 1.807) is 26.2 Å². The highest BCUT2D eigenvalue weighted by Gasteiger charge is 2.12. The normalized spacial score (nSPS) is 11.8. The van der Waals surface area contributed by atoms with E-state index >= 15 is 0 Å². The van der Waals surface area contributed by atoms with Crippen LogP contribution in [0.15, 0.2) is 84.9 Å². The van der Waals surface area contributed by atoms with Gasteiger partial charge in [0.1, 0.15) is 5.75 Å². The van der Waals surface area contributed by atoms with E-state index in [4.69, 9.17) is 9.47 Å². The molecule has 0 saturated carbocycles. The average Bonchev–Trinajstić information content (AvgIpc) is 2.87. The van der Waals surface area contributed by atoms with Gasteiger partial charge in [0, 0.05) is 18.2 Å². The van der Waals surface area contributed by atoms with E-state index in [0.29, 0.717) is 12.2 Å². The molecule has 0 aliphatic rings. The standard InChI is InChI=1S/C29H29NO3/c1-4-33-29(31)24-15-13-23(14-16-24)27-18-21(12-17-28(27)32-3)19-30-20(2)25-11-7-9-22-8-5-6-10-26(22)25/h5-18,20,30H,4,19H2,1-3H3. The van der Waals surface area contributed by atoms with Crippen LogP contribution in [0.1, 0.15) is 41.4 Å². The molecule has 1 atom stereocenters. The molecule has 0 heterocycles. The lowest BCUT2D eigenvalue weighted by Crippen LogP contribution is -2.18. The summed E-state index contributed by atoms with van der Waals surface area (Å²) in [7, 11) is 1.67. The number of esters is 1. The van der Waals surface area contributed by atoms with E-state index in [1.165, 1.54) is 16.3 Å². The Morgan fingerprint density at radius 3 is 2.45 bits per heavy atom. The molecule has 0 aliphatic heterocycles. The van der Waals surface area contributed by atoms with Gasteiger partial charge in [-0.05, 0) is 65.6 Å². The van der Waals surface area contributed by atoms with Crippen molar-refractivity contribution in [3.05, 3.63) is 102 Å². The minimum atomic E-state index is -0.309. The van der Waals surface area contributed by atoms with Gasteiger partial charge in [0.25, 0.3) is 0 Å². The molecule has 0 bridgehead atoms. The van der Waals surface area contributed by atoms with Gasteiger partial charge in [-0.2, -0.15) is 0 Å². The lowest BCUT2D eigenvalue weighted by atomic mass is 9.98. The maximum atomic E-state index is 12.0. The molecule has 0 amide bonds. The molecule has 0 saturated heterocycles. The second-order valence-corrected chi connectivity index (χ2v) is 8.00. The van der Waals surface area contributed by atoms with E-state index in [2.05, 4.69) is 66.8 Å². The van der Waals surface area contributed by atoms with Crippen molar-refractivity contribution in [3.8, 4) is 16.9 Å². The van der Waals surface area contributed by atoms with Crippen LogP contribution in [-0.2, 0) is 11.3 Å². The van der Waals surface area contributed by atoms with Crippen LogP contribution in [-0.4, -0.2) is 19.7 Å². The molecular formula is C29H29NO3. The molecule has 1 N–H and O–H groups in total. The summed E-state index contributed by atoms with van der Waals surface area (Å²) in [6.45, 7) is 5.08. The van der Waals surface area contributed by atoms with Gasteiger partial charge in [0.15, 0.2) is 0 Å². The SMILES string of the molecule is CCOC(=O)c1ccc(-c2cc(CNC(C)c3cccc4ccccc34)ccc2OC)cc1. The maximum absolute atomic E-state index is 12.0. The Kier molecular flexibility index (Phi) is 7.06. The fourth-order valence-corrected chi connectivity index (χ4v) is 4.10. The lowest BCUT2D eigenvalue weighted by Gasteiger charge is -2.18. The molecule has 0 fully saturated rings. The minimum Gasteiger partial charge on any atom is -0.496 e. The van der Waals surface area contributed by atoms with Gasteiger partial charge >= 0.3 is 5.97 Å². The van der Waals surface area contributed by atoms with Gasteiger partial charge < -0.3 is 14.8 Å². The third kappa shape index (κ3) is 5.07. The topological polar surface area (TPSA) is 47.6 Å². The molecule has 4 aromatic rings. The predicted octanol–water partition coefficient (Wildman–Crippen LogP) is 6.54. The van der Waals surface area contributed by atoms with Crippen LogP contribution in [0.3, 0.4) is 0 Å². The summed E-state index contributed by atoms with van der Waals surface area (Å²) in [6.07, 6.45) is 0. The van der Waals surface area contributed by atoms with Gasteiger partial charge in [-0.3, -0.25) is 0 Å². The first kappa shape index (κ1) is 22.6. The highest BCUT2D eigenvalue weighted by molar-refractivity contribution is 5.90. The van der Waals surface area contributed by atoms with Gasteiger partial charge in [0.2, 0.25) is 0 Å². The number of nitrogens with one attached hydrogen (secondary N) is 1. The molecule has 4 aromatic carbocycles. The zero-order valence-electron chi connectivity index (χ0n) is 19.3. The quantitative estimate of drug-likeness (QED) is 0.317. The van der Waals surface area contributed by atoms with E-state index in [0.717, 1.165) is 29.0 Å².